The van der Waals surface area contributed by atoms with Crippen LogP contribution in [0.1, 0.15) is 18.4 Å². The average molecular weight is 389 g/mol. The number of non-ortho nitro benzene ring substituents is 1. The molecule has 7 heteroatoms. The zero-order chi connectivity index (χ0) is 20.2. The van der Waals surface area contributed by atoms with Gasteiger partial charge in [-0.3, -0.25) is 19.9 Å². The highest BCUT2D eigenvalue weighted by Crippen LogP contribution is 2.34. The quantitative estimate of drug-likeness (QED) is 0.431. The van der Waals surface area contributed by atoms with Gasteiger partial charge in [-0.2, -0.15) is 0 Å². The number of amides is 1. The van der Waals surface area contributed by atoms with Crippen LogP contribution < -0.4 is 9.64 Å². The van der Waals surface area contributed by atoms with Crippen LogP contribution in [0.15, 0.2) is 73.1 Å². The molecule has 0 atom stereocenters. The van der Waals surface area contributed by atoms with Crippen LogP contribution in [-0.2, 0) is 11.3 Å². The Balaban J connectivity index is 1.50. The molecule has 0 radical (unpaired) electrons. The number of carbonyl (C=O) groups excluding carboxylic acids is 1. The summed E-state index contributed by atoms with van der Waals surface area (Å²) < 4.78 is 5.75. The van der Waals surface area contributed by atoms with Crippen LogP contribution in [0.5, 0.6) is 11.5 Å². The summed E-state index contributed by atoms with van der Waals surface area (Å²) in [7, 11) is 0. The molecule has 1 aliphatic carbocycles. The molecule has 1 aliphatic rings. The third-order valence-electron chi connectivity index (χ3n) is 4.69. The molecule has 146 valence electrons. The van der Waals surface area contributed by atoms with Gasteiger partial charge in [0.25, 0.3) is 5.69 Å². The Bertz CT molecular complexity index is 1000. The van der Waals surface area contributed by atoms with Crippen LogP contribution in [0.4, 0.5) is 11.4 Å². The van der Waals surface area contributed by atoms with Crippen molar-refractivity contribution < 1.29 is 14.5 Å². The summed E-state index contributed by atoms with van der Waals surface area (Å²) in [4.78, 5) is 29.0. The van der Waals surface area contributed by atoms with Crippen molar-refractivity contribution in [1.29, 1.82) is 0 Å². The van der Waals surface area contributed by atoms with Gasteiger partial charge in [-0.1, -0.05) is 6.07 Å². The van der Waals surface area contributed by atoms with Gasteiger partial charge in [0.1, 0.15) is 11.5 Å². The second-order valence-electron chi connectivity index (χ2n) is 6.91. The molecular weight excluding hydrogens is 370 g/mol. The van der Waals surface area contributed by atoms with Crippen LogP contribution >= 0.6 is 0 Å². The van der Waals surface area contributed by atoms with E-state index in [1.54, 1.807) is 41.6 Å². The lowest BCUT2D eigenvalue weighted by Crippen LogP contribution is -2.31. The molecule has 1 heterocycles. The number of benzene rings is 2. The van der Waals surface area contributed by atoms with Gasteiger partial charge in [0, 0.05) is 36.1 Å². The van der Waals surface area contributed by atoms with Gasteiger partial charge in [-0.15, -0.1) is 0 Å². The van der Waals surface area contributed by atoms with Gasteiger partial charge < -0.3 is 9.64 Å². The first-order chi connectivity index (χ1) is 14.1. The molecule has 0 spiro atoms. The predicted octanol–water partition coefficient (Wildman–Crippen LogP) is 4.73. The highest BCUT2D eigenvalue weighted by atomic mass is 16.6. The smallest absolute Gasteiger partial charge is 0.269 e. The Morgan fingerprint density at radius 2 is 1.72 bits per heavy atom. The van der Waals surface area contributed by atoms with Crippen molar-refractivity contribution in [1.82, 2.24) is 4.98 Å². The molecule has 4 rings (SSSR count). The Hall–Kier alpha value is -3.74. The molecule has 0 aliphatic heterocycles. The molecule has 2 aromatic carbocycles. The zero-order valence-corrected chi connectivity index (χ0v) is 15.6. The second-order valence-corrected chi connectivity index (χ2v) is 6.91. The largest absolute Gasteiger partial charge is 0.457 e. The molecule has 1 amide bonds. The van der Waals surface area contributed by atoms with Gasteiger partial charge >= 0.3 is 0 Å². The third-order valence-corrected chi connectivity index (χ3v) is 4.69. The number of rotatable bonds is 7. The lowest BCUT2D eigenvalue weighted by molar-refractivity contribution is -0.384. The van der Waals surface area contributed by atoms with E-state index in [1.807, 2.05) is 24.3 Å². The van der Waals surface area contributed by atoms with E-state index < -0.39 is 4.92 Å². The Kier molecular flexibility index (Phi) is 5.20. The number of hydrogen-bond donors (Lipinski definition) is 0. The molecule has 1 saturated carbocycles. The van der Waals surface area contributed by atoms with Crippen molar-refractivity contribution in [3.8, 4) is 11.5 Å². The van der Waals surface area contributed by atoms with E-state index in [9.17, 15) is 14.9 Å². The van der Waals surface area contributed by atoms with Crippen LogP contribution in [0.25, 0.3) is 0 Å². The van der Waals surface area contributed by atoms with Crippen LogP contribution in [-0.4, -0.2) is 15.8 Å². The van der Waals surface area contributed by atoms with Crippen molar-refractivity contribution in [3.05, 3.63) is 88.7 Å². The lowest BCUT2D eigenvalue weighted by Gasteiger charge is -2.23. The molecule has 29 heavy (non-hydrogen) atoms. The molecular formula is C22H19N3O4. The first-order valence-electron chi connectivity index (χ1n) is 9.33. The van der Waals surface area contributed by atoms with E-state index in [1.165, 1.54) is 12.1 Å². The minimum Gasteiger partial charge on any atom is -0.457 e. The third kappa shape index (κ3) is 4.57. The molecule has 1 fully saturated rings. The van der Waals surface area contributed by atoms with Crippen LogP contribution in [0.2, 0.25) is 0 Å². The number of nitrogens with zero attached hydrogens (tertiary/aromatic N) is 3. The van der Waals surface area contributed by atoms with Gasteiger partial charge in [0.05, 0.1) is 11.5 Å². The van der Waals surface area contributed by atoms with Crippen LogP contribution in [0, 0.1) is 16.0 Å². The fourth-order valence-electron chi connectivity index (χ4n) is 2.99. The summed E-state index contributed by atoms with van der Waals surface area (Å²) in [6.07, 6.45) is 5.34. The SMILES string of the molecule is O=C(C1CC1)N(Cc1cccnc1)c1ccc(Oc2ccc([N+](=O)[O-])cc2)cc1. The number of pyridine rings is 1. The molecule has 7 nitrogen and oxygen atoms in total. The van der Waals surface area contributed by atoms with E-state index in [0.29, 0.717) is 18.0 Å². The number of carbonyl (C=O) groups is 1. The van der Waals surface area contributed by atoms with E-state index in [0.717, 1.165) is 24.1 Å². The highest BCUT2D eigenvalue weighted by molar-refractivity contribution is 5.96. The summed E-state index contributed by atoms with van der Waals surface area (Å²) in [5.74, 6) is 1.31. The predicted molar refractivity (Wildman–Crippen MR) is 108 cm³/mol. The van der Waals surface area contributed by atoms with E-state index in [4.69, 9.17) is 4.74 Å². The Morgan fingerprint density at radius 1 is 1.07 bits per heavy atom. The maximum absolute atomic E-state index is 12.8. The summed E-state index contributed by atoms with van der Waals surface area (Å²) >= 11 is 0. The maximum atomic E-state index is 12.8. The van der Waals surface area contributed by atoms with Gasteiger partial charge in [0.15, 0.2) is 0 Å². The van der Waals surface area contributed by atoms with Gasteiger partial charge in [-0.25, -0.2) is 0 Å². The Morgan fingerprint density at radius 3 is 2.28 bits per heavy atom. The topological polar surface area (TPSA) is 85.6 Å². The van der Waals surface area contributed by atoms with Crippen molar-refractivity contribution in [2.75, 3.05) is 4.90 Å². The molecule has 0 saturated heterocycles. The van der Waals surface area contributed by atoms with Gasteiger partial charge in [-0.05, 0) is 60.9 Å². The highest BCUT2D eigenvalue weighted by Gasteiger charge is 2.34. The van der Waals surface area contributed by atoms with Crippen molar-refractivity contribution in [2.45, 2.75) is 19.4 Å². The van der Waals surface area contributed by atoms with Crippen LogP contribution in [0.3, 0.4) is 0 Å². The van der Waals surface area contributed by atoms with Crippen molar-refractivity contribution >= 4 is 17.3 Å². The minimum absolute atomic E-state index is 0.0114. The molecule has 3 aromatic rings. The molecule has 0 N–H and O–H groups in total. The number of ether oxygens (including phenoxy) is 1. The Labute approximate surface area is 167 Å². The number of nitro benzene ring substituents is 1. The minimum atomic E-state index is -0.452. The average Bonchev–Trinajstić information content (AvgIpc) is 3.59. The molecule has 1 aromatic heterocycles. The normalized spacial score (nSPS) is 13.0. The lowest BCUT2D eigenvalue weighted by atomic mass is 10.2. The van der Waals surface area contributed by atoms with E-state index >= 15 is 0 Å². The van der Waals surface area contributed by atoms with E-state index in [2.05, 4.69) is 4.98 Å². The maximum Gasteiger partial charge on any atom is 0.269 e. The first-order valence-corrected chi connectivity index (χ1v) is 9.33. The fraction of sp³-hybridized carbons (Fsp3) is 0.182. The number of hydrogen-bond acceptors (Lipinski definition) is 5. The molecule has 0 bridgehead atoms. The second kappa shape index (κ2) is 8.10. The van der Waals surface area contributed by atoms with Crippen molar-refractivity contribution in [3.63, 3.8) is 0 Å². The summed E-state index contributed by atoms with van der Waals surface area (Å²) in [5, 5.41) is 10.7. The number of nitro groups is 1. The monoisotopic (exact) mass is 389 g/mol. The summed E-state index contributed by atoms with van der Waals surface area (Å²) in [5.41, 5.74) is 1.77. The van der Waals surface area contributed by atoms with E-state index in [-0.39, 0.29) is 17.5 Å². The number of aromatic nitrogens is 1. The van der Waals surface area contributed by atoms with Gasteiger partial charge in [0.2, 0.25) is 5.91 Å². The molecule has 0 unspecified atom stereocenters. The zero-order valence-electron chi connectivity index (χ0n) is 15.6. The standard InChI is InChI=1S/C22H19N3O4/c26-22(17-3-4-17)24(15-16-2-1-13-23-14-16)18-5-9-20(10-6-18)29-21-11-7-19(8-12-21)25(27)28/h1-2,5-14,17H,3-4,15H2. The summed E-state index contributed by atoms with van der Waals surface area (Å²) in [6, 6.07) is 17.0. The fourth-order valence-corrected chi connectivity index (χ4v) is 2.99. The van der Waals surface area contributed by atoms with Crippen molar-refractivity contribution in [2.24, 2.45) is 5.92 Å². The first kappa shape index (κ1) is 18.6. The number of anilines is 1. The summed E-state index contributed by atoms with van der Waals surface area (Å²) in [6.45, 7) is 0.464.